The van der Waals surface area contributed by atoms with Crippen LogP contribution in [0.25, 0.3) is 0 Å². The molecule has 0 saturated heterocycles. The van der Waals surface area contributed by atoms with Gasteiger partial charge in [-0.15, -0.1) is 0 Å². The number of hydrogen-bond donors (Lipinski definition) is 3. The number of carbonyl (C=O) groups excluding carboxylic acids is 1. The van der Waals surface area contributed by atoms with Crippen LogP contribution in [0.1, 0.15) is 24.2 Å². The molecule has 0 aliphatic heterocycles. The predicted octanol–water partition coefficient (Wildman–Crippen LogP) is 1.28. The van der Waals surface area contributed by atoms with Crippen molar-refractivity contribution >= 4 is 17.3 Å². The molecule has 0 aromatic heterocycles. The van der Waals surface area contributed by atoms with E-state index in [-0.39, 0.29) is 23.5 Å². The van der Waals surface area contributed by atoms with Gasteiger partial charge in [0.2, 0.25) is 0 Å². The zero-order chi connectivity index (χ0) is 15.8. The van der Waals surface area contributed by atoms with E-state index in [9.17, 15) is 14.9 Å². The maximum atomic E-state index is 12.0. The second-order valence-electron chi connectivity index (χ2n) is 4.83. The van der Waals surface area contributed by atoms with Crippen LogP contribution in [0, 0.1) is 16.0 Å². The summed E-state index contributed by atoms with van der Waals surface area (Å²) in [5.74, 6) is 5.10. The number of nitrogens with zero attached hydrogens (tertiary/aromatic N) is 1. The van der Waals surface area contributed by atoms with Crippen molar-refractivity contribution in [2.75, 3.05) is 25.2 Å². The first-order valence-electron chi connectivity index (χ1n) is 6.57. The molecule has 1 rings (SSSR count). The first kappa shape index (κ1) is 16.9. The maximum absolute atomic E-state index is 12.0. The van der Waals surface area contributed by atoms with E-state index in [0.717, 1.165) is 0 Å². The Balaban J connectivity index is 2.68. The number of amides is 1. The minimum Gasteiger partial charge on any atom is -0.379 e. The molecule has 0 heterocycles. The number of hydrogen-bond acceptors (Lipinski definition) is 6. The fourth-order valence-corrected chi connectivity index (χ4v) is 1.69. The number of hydrazine groups is 1. The number of para-hydroxylation sites is 1. The van der Waals surface area contributed by atoms with Crippen LogP contribution in [0.5, 0.6) is 0 Å². The quantitative estimate of drug-likeness (QED) is 0.288. The maximum Gasteiger partial charge on any atom is 0.306 e. The minimum absolute atomic E-state index is 0.0423. The Morgan fingerprint density at radius 2 is 2.19 bits per heavy atom. The zero-order valence-electron chi connectivity index (χ0n) is 12.1. The van der Waals surface area contributed by atoms with Gasteiger partial charge in [-0.2, -0.15) is 0 Å². The van der Waals surface area contributed by atoms with Crippen LogP contribution in [0.4, 0.5) is 11.4 Å². The molecule has 116 valence electrons. The lowest BCUT2D eigenvalue weighted by molar-refractivity contribution is -0.384. The molecule has 1 amide bonds. The summed E-state index contributed by atoms with van der Waals surface area (Å²) in [6.07, 6.45) is 0. The van der Waals surface area contributed by atoms with Crippen LogP contribution in [-0.4, -0.2) is 30.6 Å². The molecule has 8 heteroatoms. The zero-order valence-corrected chi connectivity index (χ0v) is 12.1. The van der Waals surface area contributed by atoms with Crippen LogP contribution >= 0.6 is 0 Å². The smallest absolute Gasteiger partial charge is 0.306 e. The summed E-state index contributed by atoms with van der Waals surface area (Å²) in [6.45, 7) is 5.28. The van der Waals surface area contributed by atoms with Crippen LogP contribution in [-0.2, 0) is 4.74 Å². The van der Waals surface area contributed by atoms with Crippen LogP contribution < -0.4 is 16.6 Å². The number of benzene rings is 1. The van der Waals surface area contributed by atoms with Gasteiger partial charge in [0, 0.05) is 13.2 Å². The third kappa shape index (κ3) is 5.01. The molecule has 0 aliphatic rings. The highest BCUT2D eigenvalue weighted by atomic mass is 16.6. The van der Waals surface area contributed by atoms with E-state index in [1.54, 1.807) is 0 Å². The Hall–Kier alpha value is -2.19. The number of ether oxygens (including phenoxy) is 1. The molecule has 0 bridgehead atoms. The first-order valence-corrected chi connectivity index (χ1v) is 6.57. The molecule has 0 radical (unpaired) electrons. The van der Waals surface area contributed by atoms with E-state index < -0.39 is 10.8 Å². The lowest BCUT2D eigenvalue weighted by atomic mass is 10.1. The van der Waals surface area contributed by atoms with Crippen molar-refractivity contribution in [2.24, 2.45) is 11.8 Å². The van der Waals surface area contributed by atoms with Gasteiger partial charge in [0.1, 0.15) is 11.3 Å². The molecule has 4 N–H and O–H groups in total. The summed E-state index contributed by atoms with van der Waals surface area (Å²) in [6, 6.07) is 4.33. The number of nitrogens with one attached hydrogen (secondary N) is 2. The van der Waals surface area contributed by atoms with E-state index in [2.05, 4.69) is 10.7 Å². The fraction of sp³-hybridized carbons (Fsp3) is 0.462. The monoisotopic (exact) mass is 296 g/mol. The molecule has 0 unspecified atom stereocenters. The number of nitro benzene ring substituents is 1. The molecule has 0 fully saturated rings. The number of nitrogens with two attached hydrogens (primary N) is 1. The van der Waals surface area contributed by atoms with Gasteiger partial charge < -0.3 is 15.5 Å². The standard InChI is InChI=1S/C13H20N4O4/c1-9(2)8-21-7-6-15-13(18)10-4-3-5-11(16-14)12(10)17(19)20/h3-5,9,16H,6-8,14H2,1-2H3,(H,15,18). The number of carbonyl (C=O) groups is 1. The van der Waals surface area contributed by atoms with Crippen molar-refractivity contribution in [3.8, 4) is 0 Å². The SMILES string of the molecule is CC(C)COCCNC(=O)c1cccc(NN)c1[N+](=O)[O-]. The summed E-state index contributed by atoms with van der Waals surface area (Å²) >= 11 is 0. The summed E-state index contributed by atoms with van der Waals surface area (Å²) < 4.78 is 5.32. The average molecular weight is 296 g/mol. The molecule has 1 aromatic rings. The molecule has 21 heavy (non-hydrogen) atoms. The Morgan fingerprint density at radius 1 is 1.48 bits per heavy atom. The molecule has 0 saturated carbocycles. The van der Waals surface area contributed by atoms with E-state index in [1.165, 1.54) is 18.2 Å². The highest BCUT2D eigenvalue weighted by Gasteiger charge is 2.23. The summed E-state index contributed by atoms with van der Waals surface area (Å²) in [5.41, 5.74) is 1.91. The van der Waals surface area contributed by atoms with E-state index in [1.807, 2.05) is 13.8 Å². The topological polar surface area (TPSA) is 120 Å². The first-order chi connectivity index (χ1) is 9.97. The largest absolute Gasteiger partial charge is 0.379 e. The third-order valence-corrected chi connectivity index (χ3v) is 2.60. The summed E-state index contributed by atoms with van der Waals surface area (Å²) in [5, 5.41) is 13.6. The van der Waals surface area contributed by atoms with Gasteiger partial charge in [-0.25, -0.2) is 0 Å². The van der Waals surface area contributed by atoms with Gasteiger partial charge in [-0.1, -0.05) is 19.9 Å². The third-order valence-electron chi connectivity index (χ3n) is 2.60. The van der Waals surface area contributed by atoms with Crippen molar-refractivity contribution < 1.29 is 14.5 Å². The number of anilines is 1. The molecular weight excluding hydrogens is 276 g/mol. The molecule has 0 atom stereocenters. The highest BCUT2D eigenvalue weighted by molar-refractivity contribution is 6.00. The van der Waals surface area contributed by atoms with Crippen LogP contribution in [0.3, 0.4) is 0 Å². The molecule has 0 aliphatic carbocycles. The highest BCUT2D eigenvalue weighted by Crippen LogP contribution is 2.27. The van der Waals surface area contributed by atoms with Crippen molar-refractivity contribution in [3.05, 3.63) is 33.9 Å². The Labute approximate surface area is 122 Å². The molecule has 8 nitrogen and oxygen atoms in total. The number of nitrogen functional groups attached to an aromatic ring is 1. The van der Waals surface area contributed by atoms with Crippen molar-refractivity contribution in [1.82, 2.24) is 5.32 Å². The molecule has 1 aromatic carbocycles. The number of rotatable bonds is 8. The minimum atomic E-state index is -0.640. The lowest BCUT2D eigenvalue weighted by Crippen LogP contribution is -2.28. The van der Waals surface area contributed by atoms with Gasteiger partial charge in [0.15, 0.2) is 0 Å². The second-order valence-corrected chi connectivity index (χ2v) is 4.83. The normalized spacial score (nSPS) is 10.5. The Morgan fingerprint density at radius 3 is 2.76 bits per heavy atom. The molecule has 0 spiro atoms. The van der Waals surface area contributed by atoms with E-state index in [0.29, 0.717) is 19.1 Å². The van der Waals surface area contributed by atoms with Gasteiger partial charge in [0.25, 0.3) is 5.91 Å². The van der Waals surface area contributed by atoms with Gasteiger partial charge >= 0.3 is 5.69 Å². The summed E-state index contributed by atoms with van der Waals surface area (Å²) in [4.78, 5) is 22.4. The number of nitro groups is 1. The Kier molecular flexibility index (Phi) is 6.57. The lowest BCUT2D eigenvalue weighted by Gasteiger charge is -2.09. The van der Waals surface area contributed by atoms with Crippen LogP contribution in [0.15, 0.2) is 18.2 Å². The van der Waals surface area contributed by atoms with Gasteiger partial charge in [0.05, 0.1) is 11.5 Å². The molecular formula is C13H20N4O4. The predicted molar refractivity (Wildman–Crippen MR) is 78.9 cm³/mol. The van der Waals surface area contributed by atoms with Crippen molar-refractivity contribution in [1.29, 1.82) is 0 Å². The summed E-state index contributed by atoms with van der Waals surface area (Å²) in [7, 11) is 0. The van der Waals surface area contributed by atoms with Crippen molar-refractivity contribution in [2.45, 2.75) is 13.8 Å². The fourth-order valence-electron chi connectivity index (χ4n) is 1.69. The average Bonchev–Trinajstić information content (AvgIpc) is 2.45. The van der Waals surface area contributed by atoms with Crippen LogP contribution in [0.2, 0.25) is 0 Å². The van der Waals surface area contributed by atoms with E-state index >= 15 is 0 Å². The van der Waals surface area contributed by atoms with Crippen molar-refractivity contribution in [3.63, 3.8) is 0 Å². The Bertz CT molecular complexity index is 505. The van der Waals surface area contributed by atoms with Gasteiger partial charge in [-0.3, -0.25) is 20.8 Å². The second kappa shape index (κ2) is 8.18. The van der Waals surface area contributed by atoms with E-state index in [4.69, 9.17) is 10.6 Å². The van der Waals surface area contributed by atoms with Gasteiger partial charge in [-0.05, 0) is 18.1 Å².